The molecule has 0 fully saturated rings. The van der Waals surface area contributed by atoms with Crippen LogP contribution in [0, 0.1) is 6.92 Å². The molecule has 3 N–H and O–H groups in total. The zero-order valence-corrected chi connectivity index (χ0v) is 14.3. The van der Waals surface area contributed by atoms with E-state index in [0.717, 1.165) is 17.7 Å². The van der Waals surface area contributed by atoms with Crippen molar-refractivity contribution >= 4 is 28.2 Å². The Bertz CT molecular complexity index is 935. The molecule has 126 valence electrons. The molecule has 3 rings (SSSR count). The van der Waals surface area contributed by atoms with Gasteiger partial charge >= 0.3 is 10.8 Å². The Labute approximate surface area is 141 Å². The van der Waals surface area contributed by atoms with E-state index in [1.165, 1.54) is 4.57 Å². The number of hydrogen-bond acceptors (Lipinski definition) is 6. The molecule has 9 heteroatoms. The lowest BCUT2D eigenvalue weighted by molar-refractivity contribution is 0.585. The Hall–Kier alpha value is -2.39. The summed E-state index contributed by atoms with van der Waals surface area (Å²) in [6.07, 6.45) is 2.43. The average molecular weight is 346 g/mol. The van der Waals surface area contributed by atoms with Crippen LogP contribution < -0.4 is 11.4 Å². The number of rotatable bonds is 5. The van der Waals surface area contributed by atoms with Gasteiger partial charge in [-0.05, 0) is 31.0 Å². The standard InChI is InChI=1S/C15H18N6O2S/c1-3-6-24(23)14-19-12(16)11-13(20-14)21(15(22)18-11)8-10-4-5-17-9(2)7-10/h4-5,7H,3,6,8H2,1-2H3,(H,18,22)(H2,16,19,20). The number of fused-ring (bicyclic) bond motifs is 1. The number of nitrogens with one attached hydrogen (secondary N) is 1. The first-order valence-electron chi connectivity index (χ1n) is 7.55. The van der Waals surface area contributed by atoms with Gasteiger partial charge < -0.3 is 15.3 Å². The van der Waals surface area contributed by atoms with E-state index in [9.17, 15) is 9.35 Å². The van der Waals surface area contributed by atoms with Crippen molar-refractivity contribution < 1.29 is 4.55 Å². The summed E-state index contributed by atoms with van der Waals surface area (Å²) < 4.78 is 13.7. The predicted molar refractivity (Wildman–Crippen MR) is 92.2 cm³/mol. The molecule has 3 aromatic heterocycles. The number of H-pyrrole nitrogens is 1. The van der Waals surface area contributed by atoms with E-state index in [2.05, 4.69) is 19.9 Å². The molecule has 0 saturated heterocycles. The van der Waals surface area contributed by atoms with Crippen molar-refractivity contribution in [1.82, 2.24) is 24.5 Å². The van der Waals surface area contributed by atoms with Crippen LogP contribution in [0.15, 0.2) is 28.3 Å². The summed E-state index contributed by atoms with van der Waals surface area (Å²) in [6.45, 7) is 4.13. The van der Waals surface area contributed by atoms with E-state index in [0.29, 0.717) is 23.5 Å². The second-order valence-electron chi connectivity index (χ2n) is 5.46. The summed E-state index contributed by atoms with van der Waals surface area (Å²) in [7, 11) is 0. The molecule has 24 heavy (non-hydrogen) atoms. The fraction of sp³-hybridized carbons (Fsp3) is 0.333. The van der Waals surface area contributed by atoms with Crippen LogP contribution in [0.3, 0.4) is 0 Å². The average Bonchev–Trinajstić information content (AvgIpc) is 2.85. The molecule has 0 bridgehead atoms. The maximum atomic E-state index is 12.3. The number of pyridine rings is 1. The largest absolute Gasteiger partial charge is 0.609 e. The van der Waals surface area contributed by atoms with Gasteiger partial charge in [0.2, 0.25) is 0 Å². The van der Waals surface area contributed by atoms with Gasteiger partial charge in [0, 0.05) is 23.1 Å². The Balaban J connectivity index is 2.10. The number of nitrogens with zero attached hydrogens (tertiary/aromatic N) is 4. The third kappa shape index (κ3) is 3.13. The van der Waals surface area contributed by atoms with Crippen LogP contribution >= 0.6 is 0 Å². The third-order valence-electron chi connectivity index (χ3n) is 3.53. The van der Waals surface area contributed by atoms with Crippen LogP contribution in [0.4, 0.5) is 5.82 Å². The van der Waals surface area contributed by atoms with Crippen LogP contribution in [0.2, 0.25) is 0 Å². The maximum Gasteiger partial charge on any atom is 0.346 e. The molecule has 0 aliphatic carbocycles. The highest BCUT2D eigenvalue weighted by Crippen LogP contribution is 2.18. The Morgan fingerprint density at radius 2 is 2.21 bits per heavy atom. The molecule has 0 aliphatic rings. The van der Waals surface area contributed by atoms with Crippen molar-refractivity contribution in [2.75, 3.05) is 11.5 Å². The van der Waals surface area contributed by atoms with Gasteiger partial charge in [0.05, 0.1) is 6.54 Å². The SMILES string of the molecule is CCC[S+]([O-])c1nc(N)c2[nH]c(=O)n(Cc3ccnc(C)c3)c2n1. The van der Waals surface area contributed by atoms with Crippen molar-refractivity contribution in [3.8, 4) is 0 Å². The van der Waals surface area contributed by atoms with Gasteiger partial charge in [0.25, 0.3) is 0 Å². The molecule has 1 unspecified atom stereocenters. The minimum atomic E-state index is -1.34. The molecule has 3 aromatic rings. The summed E-state index contributed by atoms with van der Waals surface area (Å²) in [6, 6.07) is 3.73. The molecule has 0 amide bonds. The highest BCUT2D eigenvalue weighted by atomic mass is 32.2. The number of nitrogen functional groups attached to an aromatic ring is 1. The Morgan fingerprint density at radius 1 is 1.42 bits per heavy atom. The van der Waals surface area contributed by atoms with Gasteiger partial charge in [-0.25, -0.2) is 4.79 Å². The summed E-state index contributed by atoms with van der Waals surface area (Å²) in [4.78, 5) is 27.5. The van der Waals surface area contributed by atoms with Gasteiger partial charge in [-0.2, -0.15) is 9.97 Å². The summed E-state index contributed by atoms with van der Waals surface area (Å²) in [5.41, 5.74) is 8.08. The molecular formula is C15H18N6O2S. The second kappa shape index (κ2) is 6.62. The molecule has 0 radical (unpaired) electrons. The summed E-state index contributed by atoms with van der Waals surface area (Å²) in [5.74, 6) is 0.574. The Morgan fingerprint density at radius 3 is 2.92 bits per heavy atom. The van der Waals surface area contributed by atoms with Gasteiger partial charge in [0.1, 0.15) is 11.3 Å². The number of aromatic nitrogens is 5. The van der Waals surface area contributed by atoms with Gasteiger partial charge in [-0.3, -0.25) is 9.55 Å². The normalized spacial score (nSPS) is 12.6. The number of hydrogen-bond donors (Lipinski definition) is 2. The van der Waals surface area contributed by atoms with E-state index >= 15 is 0 Å². The molecule has 0 aliphatic heterocycles. The minimum Gasteiger partial charge on any atom is -0.609 e. The fourth-order valence-electron chi connectivity index (χ4n) is 2.44. The first-order chi connectivity index (χ1) is 11.5. The van der Waals surface area contributed by atoms with Crippen molar-refractivity contribution in [3.05, 3.63) is 40.1 Å². The lowest BCUT2D eigenvalue weighted by Gasteiger charge is -2.08. The molecule has 0 spiro atoms. The van der Waals surface area contributed by atoms with E-state index in [1.807, 2.05) is 26.0 Å². The summed E-state index contributed by atoms with van der Waals surface area (Å²) >= 11 is -1.34. The predicted octanol–water partition coefficient (Wildman–Crippen LogP) is 0.971. The van der Waals surface area contributed by atoms with Crippen LogP contribution in [-0.2, 0) is 17.7 Å². The van der Waals surface area contributed by atoms with E-state index in [4.69, 9.17) is 5.73 Å². The number of anilines is 1. The molecule has 0 saturated carbocycles. The Kier molecular flexibility index (Phi) is 4.54. The van der Waals surface area contributed by atoms with Gasteiger partial charge in [-0.15, -0.1) is 0 Å². The van der Waals surface area contributed by atoms with Crippen molar-refractivity contribution in [2.45, 2.75) is 32.0 Å². The molecule has 8 nitrogen and oxygen atoms in total. The quantitative estimate of drug-likeness (QED) is 0.524. The van der Waals surface area contributed by atoms with Gasteiger partial charge in [0.15, 0.2) is 11.5 Å². The number of aromatic amines is 1. The van der Waals surface area contributed by atoms with Crippen LogP contribution in [0.5, 0.6) is 0 Å². The molecule has 0 aromatic carbocycles. The zero-order chi connectivity index (χ0) is 17.3. The summed E-state index contributed by atoms with van der Waals surface area (Å²) in [5, 5.41) is 0.153. The number of aryl methyl sites for hydroxylation is 1. The van der Waals surface area contributed by atoms with Crippen LogP contribution in [0.25, 0.3) is 11.2 Å². The topological polar surface area (TPSA) is 126 Å². The van der Waals surface area contributed by atoms with E-state index < -0.39 is 11.2 Å². The fourth-order valence-corrected chi connectivity index (χ4v) is 3.38. The second-order valence-corrected chi connectivity index (χ2v) is 6.93. The van der Waals surface area contributed by atoms with E-state index in [1.54, 1.807) is 6.20 Å². The smallest absolute Gasteiger partial charge is 0.346 e. The zero-order valence-electron chi connectivity index (χ0n) is 13.4. The van der Waals surface area contributed by atoms with E-state index in [-0.39, 0.29) is 16.7 Å². The number of nitrogens with two attached hydrogens (primary N) is 1. The molecular weight excluding hydrogens is 328 g/mol. The lowest BCUT2D eigenvalue weighted by Crippen LogP contribution is -2.18. The third-order valence-corrected chi connectivity index (χ3v) is 4.89. The van der Waals surface area contributed by atoms with Gasteiger partial charge in [-0.1, -0.05) is 6.92 Å². The maximum absolute atomic E-state index is 12.3. The monoisotopic (exact) mass is 346 g/mol. The first-order valence-corrected chi connectivity index (χ1v) is 8.87. The molecule has 1 atom stereocenters. The lowest BCUT2D eigenvalue weighted by atomic mass is 10.2. The minimum absolute atomic E-state index is 0.126. The van der Waals surface area contributed by atoms with Crippen molar-refractivity contribution in [1.29, 1.82) is 0 Å². The highest BCUT2D eigenvalue weighted by Gasteiger charge is 2.20. The van der Waals surface area contributed by atoms with Crippen molar-refractivity contribution in [3.63, 3.8) is 0 Å². The molecule has 3 heterocycles. The van der Waals surface area contributed by atoms with Crippen molar-refractivity contribution in [2.24, 2.45) is 0 Å². The van der Waals surface area contributed by atoms with Crippen LogP contribution in [-0.4, -0.2) is 34.8 Å². The first kappa shape index (κ1) is 16.5. The van der Waals surface area contributed by atoms with Crippen LogP contribution in [0.1, 0.15) is 24.6 Å². The highest BCUT2D eigenvalue weighted by molar-refractivity contribution is 7.91. The number of imidazole rings is 1.